The van der Waals surface area contributed by atoms with Crippen molar-refractivity contribution in [3.8, 4) is 0 Å². The minimum atomic E-state index is -0.00491. The Morgan fingerprint density at radius 3 is 2.61 bits per heavy atom. The van der Waals surface area contributed by atoms with Crippen molar-refractivity contribution in [2.45, 2.75) is 19.8 Å². The van der Waals surface area contributed by atoms with Crippen LogP contribution in [-0.4, -0.2) is 56.7 Å². The predicted octanol–water partition coefficient (Wildman–Crippen LogP) is 1.12. The van der Waals surface area contributed by atoms with Crippen LogP contribution in [0.3, 0.4) is 0 Å². The number of hydrogen-bond acceptors (Lipinski definition) is 5. The highest BCUT2D eigenvalue weighted by Gasteiger charge is 2.22. The van der Waals surface area contributed by atoms with E-state index < -0.39 is 0 Å². The number of hydrogen-bond donors (Lipinski definition) is 0. The normalized spacial score (nSPS) is 15.6. The van der Waals surface area contributed by atoms with Crippen molar-refractivity contribution in [1.82, 2.24) is 24.6 Å². The maximum Gasteiger partial charge on any atom is 0.274 e. The van der Waals surface area contributed by atoms with Gasteiger partial charge in [-0.2, -0.15) is 5.10 Å². The third-order valence-corrected chi connectivity index (χ3v) is 4.10. The third-order valence-electron chi connectivity index (χ3n) is 4.10. The van der Waals surface area contributed by atoms with Gasteiger partial charge in [0.2, 0.25) is 5.95 Å². The summed E-state index contributed by atoms with van der Waals surface area (Å²) in [6.07, 6.45) is 7.39. The summed E-state index contributed by atoms with van der Waals surface area (Å²) in [7, 11) is 1.82. The number of amides is 1. The highest BCUT2D eigenvalue weighted by atomic mass is 16.2. The van der Waals surface area contributed by atoms with E-state index in [1.807, 2.05) is 24.3 Å². The SMILES string of the molecule is CCc1cnc(N2CCCN(C(=O)c3ccn(C)n3)CC2)nc1. The van der Waals surface area contributed by atoms with Gasteiger partial charge in [0, 0.05) is 51.8 Å². The van der Waals surface area contributed by atoms with Crippen LogP contribution >= 0.6 is 0 Å². The van der Waals surface area contributed by atoms with Crippen LogP contribution in [0, 0.1) is 0 Å². The minimum absolute atomic E-state index is 0.00491. The molecule has 0 unspecified atom stereocenters. The Balaban J connectivity index is 1.65. The minimum Gasteiger partial charge on any atom is -0.339 e. The van der Waals surface area contributed by atoms with E-state index in [1.54, 1.807) is 16.9 Å². The molecule has 2 aromatic rings. The van der Waals surface area contributed by atoms with Gasteiger partial charge >= 0.3 is 0 Å². The maximum atomic E-state index is 12.5. The monoisotopic (exact) mass is 314 g/mol. The fourth-order valence-corrected chi connectivity index (χ4v) is 2.71. The summed E-state index contributed by atoms with van der Waals surface area (Å²) in [6, 6.07) is 1.76. The van der Waals surface area contributed by atoms with Gasteiger partial charge in [-0.3, -0.25) is 9.48 Å². The first kappa shape index (κ1) is 15.5. The number of nitrogens with zero attached hydrogens (tertiary/aromatic N) is 6. The standard InChI is InChI=1S/C16H22N6O/c1-3-13-11-17-16(18-12-13)22-7-4-6-21(9-10-22)15(23)14-5-8-20(2)19-14/h5,8,11-12H,3-4,6-7,9-10H2,1-2H3. The van der Waals surface area contributed by atoms with Gasteiger partial charge in [0.25, 0.3) is 5.91 Å². The third kappa shape index (κ3) is 3.49. The van der Waals surface area contributed by atoms with Crippen LogP contribution in [0.25, 0.3) is 0 Å². The van der Waals surface area contributed by atoms with Crippen molar-refractivity contribution in [3.63, 3.8) is 0 Å². The van der Waals surface area contributed by atoms with E-state index in [9.17, 15) is 4.79 Å². The van der Waals surface area contributed by atoms with Gasteiger partial charge in [0.1, 0.15) is 5.69 Å². The molecule has 2 aromatic heterocycles. The molecule has 0 saturated carbocycles. The van der Waals surface area contributed by atoms with E-state index in [2.05, 4.69) is 26.9 Å². The molecule has 3 rings (SSSR count). The molecule has 0 spiro atoms. The molecule has 23 heavy (non-hydrogen) atoms. The molecular formula is C16H22N6O. The van der Waals surface area contributed by atoms with Crippen LogP contribution in [0.15, 0.2) is 24.7 Å². The Labute approximate surface area is 135 Å². The summed E-state index contributed by atoms with van der Waals surface area (Å²) < 4.78 is 1.65. The van der Waals surface area contributed by atoms with Gasteiger partial charge in [-0.1, -0.05) is 6.92 Å². The number of carbonyl (C=O) groups is 1. The van der Waals surface area contributed by atoms with Gasteiger partial charge in [-0.25, -0.2) is 9.97 Å². The average Bonchev–Trinajstić information content (AvgIpc) is 2.87. The summed E-state index contributed by atoms with van der Waals surface area (Å²) in [5.74, 6) is 0.740. The largest absolute Gasteiger partial charge is 0.339 e. The van der Waals surface area contributed by atoms with Gasteiger partial charge in [-0.05, 0) is 24.5 Å². The van der Waals surface area contributed by atoms with E-state index in [-0.39, 0.29) is 5.91 Å². The Morgan fingerprint density at radius 1 is 1.17 bits per heavy atom. The number of anilines is 1. The fraction of sp³-hybridized carbons (Fsp3) is 0.500. The highest BCUT2D eigenvalue weighted by Crippen LogP contribution is 2.13. The molecule has 3 heterocycles. The average molecular weight is 314 g/mol. The lowest BCUT2D eigenvalue weighted by atomic mass is 10.3. The maximum absolute atomic E-state index is 12.5. The van der Waals surface area contributed by atoms with E-state index in [1.165, 1.54) is 0 Å². The molecule has 122 valence electrons. The second kappa shape index (κ2) is 6.76. The zero-order valence-corrected chi connectivity index (χ0v) is 13.6. The molecule has 0 N–H and O–H groups in total. The molecular weight excluding hydrogens is 292 g/mol. The first-order chi connectivity index (χ1) is 11.2. The van der Waals surface area contributed by atoms with Gasteiger partial charge in [0.05, 0.1) is 0 Å². The first-order valence-corrected chi connectivity index (χ1v) is 8.02. The molecule has 0 aromatic carbocycles. The van der Waals surface area contributed by atoms with E-state index in [0.717, 1.165) is 44.0 Å². The zero-order valence-electron chi connectivity index (χ0n) is 13.6. The second-order valence-corrected chi connectivity index (χ2v) is 5.75. The molecule has 0 atom stereocenters. The van der Waals surface area contributed by atoms with Gasteiger partial charge in [0.15, 0.2) is 0 Å². The second-order valence-electron chi connectivity index (χ2n) is 5.75. The summed E-state index contributed by atoms with van der Waals surface area (Å²) >= 11 is 0. The predicted molar refractivity (Wildman–Crippen MR) is 87.4 cm³/mol. The molecule has 7 nitrogen and oxygen atoms in total. The molecule has 1 fully saturated rings. The lowest BCUT2D eigenvalue weighted by molar-refractivity contribution is 0.0760. The van der Waals surface area contributed by atoms with E-state index in [0.29, 0.717) is 12.2 Å². The van der Waals surface area contributed by atoms with Crippen LogP contribution in [0.4, 0.5) is 5.95 Å². The van der Waals surface area contributed by atoms with Crippen LogP contribution in [-0.2, 0) is 13.5 Å². The smallest absolute Gasteiger partial charge is 0.274 e. The summed E-state index contributed by atoms with van der Waals surface area (Å²) in [6.45, 7) is 5.08. The van der Waals surface area contributed by atoms with E-state index in [4.69, 9.17) is 0 Å². The lowest BCUT2D eigenvalue weighted by Gasteiger charge is -2.21. The number of aryl methyl sites for hydroxylation is 2. The Hall–Kier alpha value is -2.44. The molecule has 1 aliphatic heterocycles. The van der Waals surface area contributed by atoms with Gasteiger partial charge in [-0.15, -0.1) is 0 Å². The molecule has 0 aliphatic carbocycles. The summed E-state index contributed by atoms with van der Waals surface area (Å²) in [5.41, 5.74) is 1.64. The van der Waals surface area contributed by atoms with Crippen molar-refractivity contribution in [3.05, 3.63) is 35.9 Å². The zero-order chi connectivity index (χ0) is 16.2. The fourth-order valence-electron chi connectivity index (χ4n) is 2.71. The molecule has 0 radical (unpaired) electrons. The quantitative estimate of drug-likeness (QED) is 0.849. The van der Waals surface area contributed by atoms with E-state index >= 15 is 0 Å². The summed E-state index contributed by atoms with van der Waals surface area (Å²) in [4.78, 5) is 25.4. The van der Waals surface area contributed by atoms with Crippen LogP contribution < -0.4 is 4.90 Å². The van der Waals surface area contributed by atoms with Crippen molar-refractivity contribution in [2.24, 2.45) is 7.05 Å². The van der Waals surface area contributed by atoms with Crippen molar-refractivity contribution in [1.29, 1.82) is 0 Å². The first-order valence-electron chi connectivity index (χ1n) is 8.02. The highest BCUT2D eigenvalue weighted by molar-refractivity contribution is 5.92. The van der Waals surface area contributed by atoms with Crippen molar-refractivity contribution < 1.29 is 4.79 Å². The Bertz CT molecular complexity index is 665. The molecule has 7 heteroatoms. The van der Waals surface area contributed by atoms with Crippen LogP contribution in [0.2, 0.25) is 0 Å². The molecule has 1 aliphatic rings. The van der Waals surface area contributed by atoms with Gasteiger partial charge < -0.3 is 9.80 Å². The molecule has 1 amide bonds. The Kier molecular flexibility index (Phi) is 4.55. The number of rotatable bonds is 3. The Morgan fingerprint density at radius 2 is 1.96 bits per heavy atom. The number of aromatic nitrogens is 4. The van der Waals surface area contributed by atoms with Crippen LogP contribution in [0.5, 0.6) is 0 Å². The molecule has 0 bridgehead atoms. The summed E-state index contributed by atoms with van der Waals surface area (Å²) in [5, 5.41) is 4.20. The number of carbonyl (C=O) groups excluding carboxylic acids is 1. The molecule has 1 saturated heterocycles. The van der Waals surface area contributed by atoms with Crippen molar-refractivity contribution in [2.75, 3.05) is 31.1 Å². The van der Waals surface area contributed by atoms with Crippen molar-refractivity contribution >= 4 is 11.9 Å². The lowest BCUT2D eigenvalue weighted by Crippen LogP contribution is -2.35. The topological polar surface area (TPSA) is 67.2 Å². The van der Waals surface area contributed by atoms with Crippen LogP contribution in [0.1, 0.15) is 29.4 Å².